The Morgan fingerprint density at radius 2 is 2.00 bits per heavy atom. The molecule has 174 valence electrons. The summed E-state index contributed by atoms with van der Waals surface area (Å²) in [7, 11) is -3.74. The van der Waals surface area contributed by atoms with Crippen molar-refractivity contribution in [3.05, 3.63) is 33.5 Å². The molecule has 0 radical (unpaired) electrons. The molecule has 1 fully saturated rings. The molecule has 1 aliphatic heterocycles. The summed E-state index contributed by atoms with van der Waals surface area (Å²) < 4.78 is 33.2. The second-order valence-corrected chi connectivity index (χ2v) is 12.2. The first-order valence-corrected chi connectivity index (χ1v) is 14.2. The second-order valence-electron chi connectivity index (χ2n) is 8.04. The first-order chi connectivity index (χ1) is 15.4. The first kappa shape index (κ1) is 23.4. The minimum absolute atomic E-state index is 0.243. The lowest BCUT2D eigenvalue weighted by Gasteiger charge is -2.33. The van der Waals surface area contributed by atoms with Crippen LogP contribution in [-0.2, 0) is 32.4 Å². The highest BCUT2D eigenvalue weighted by atomic mass is 32.2. The lowest BCUT2D eigenvalue weighted by atomic mass is 10.0. The Kier molecular flexibility index (Phi) is 7.34. The van der Waals surface area contributed by atoms with E-state index in [1.807, 2.05) is 0 Å². The zero-order chi connectivity index (χ0) is 22.7. The molecule has 0 saturated carbocycles. The van der Waals surface area contributed by atoms with Gasteiger partial charge in [-0.15, -0.1) is 22.7 Å². The van der Waals surface area contributed by atoms with Crippen LogP contribution in [0, 0.1) is 0 Å². The molecule has 2 aliphatic rings. The second kappa shape index (κ2) is 10.0. The predicted octanol–water partition coefficient (Wildman–Crippen LogP) is 4.44. The van der Waals surface area contributed by atoms with Gasteiger partial charge < -0.3 is 10.1 Å². The van der Waals surface area contributed by atoms with Gasteiger partial charge in [0.05, 0.1) is 12.2 Å². The first-order valence-electron chi connectivity index (χ1n) is 11.1. The number of esters is 1. The number of fused-ring (bicyclic) bond motifs is 1. The fourth-order valence-electron chi connectivity index (χ4n) is 4.43. The van der Waals surface area contributed by atoms with Gasteiger partial charge in [-0.2, -0.15) is 4.31 Å². The van der Waals surface area contributed by atoms with Gasteiger partial charge in [0, 0.05) is 11.4 Å². The zero-order valence-corrected chi connectivity index (χ0v) is 20.5. The van der Waals surface area contributed by atoms with E-state index in [2.05, 4.69) is 5.32 Å². The summed E-state index contributed by atoms with van der Waals surface area (Å²) in [4.78, 5) is 27.2. The summed E-state index contributed by atoms with van der Waals surface area (Å²) in [6, 6.07) is 2.47. The highest BCUT2D eigenvalue weighted by molar-refractivity contribution is 7.91. The van der Waals surface area contributed by atoms with E-state index in [0.29, 0.717) is 23.5 Å². The smallest absolute Gasteiger partial charge is 0.341 e. The Balaban J connectivity index is 1.63. The molecule has 1 unspecified atom stereocenters. The molecule has 1 aliphatic carbocycles. The summed E-state index contributed by atoms with van der Waals surface area (Å²) in [6.07, 6.45) is 6.79. The molecule has 1 N–H and O–H groups in total. The van der Waals surface area contributed by atoms with Crippen LogP contribution in [0.3, 0.4) is 0 Å². The quantitative estimate of drug-likeness (QED) is 0.472. The average molecular weight is 497 g/mol. The van der Waals surface area contributed by atoms with Crippen molar-refractivity contribution in [1.29, 1.82) is 0 Å². The van der Waals surface area contributed by atoms with Crippen LogP contribution >= 0.6 is 22.7 Å². The van der Waals surface area contributed by atoms with Crippen molar-refractivity contribution in [3.63, 3.8) is 0 Å². The highest BCUT2D eigenvalue weighted by Gasteiger charge is 2.39. The summed E-state index contributed by atoms with van der Waals surface area (Å²) in [6.45, 7) is 2.33. The van der Waals surface area contributed by atoms with Gasteiger partial charge in [-0.25, -0.2) is 13.2 Å². The highest BCUT2D eigenvalue weighted by Crippen LogP contribution is 2.38. The number of sulfonamides is 1. The fourth-order valence-corrected chi connectivity index (χ4v) is 8.48. The van der Waals surface area contributed by atoms with E-state index < -0.39 is 22.0 Å². The molecular weight excluding hydrogens is 468 g/mol. The molecule has 1 saturated heterocycles. The van der Waals surface area contributed by atoms with E-state index in [1.165, 1.54) is 15.6 Å². The molecule has 3 heterocycles. The van der Waals surface area contributed by atoms with Crippen molar-refractivity contribution in [2.45, 2.75) is 68.5 Å². The third kappa shape index (κ3) is 4.64. The van der Waals surface area contributed by atoms with Gasteiger partial charge >= 0.3 is 5.97 Å². The molecule has 7 nitrogen and oxygen atoms in total. The molecule has 1 amide bonds. The third-order valence-corrected chi connectivity index (χ3v) is 10.4. The summed E-state index contributed by atoms with van der Waals surface area (Å²) >= 11 is 2.58. The normalized spacial score (nSPS) is 19.7. The minimum Gasteiger partial charge on any atom is -0.462 e. The Hall–Kier alpha value is -1.75. The number of nitrogens with one attached hydrogen (secondary N) is 1. The number of hydrogen-bond donors (Lipinski definition) is 1. The van der Waals surface area contributed by atoms with Crippen LogP contribution in [0.2, 0.25) is 0 Å². The van der Waals surface area contributed by atoms with Crippen molar-refractivity contribution < 1.29 is 22.7 Å². The van der Waals surface area contributed by atoms with Gasteiger partial charge in [0.25, 0.3) is 10.0 Å². The number of carbonyl (C=O) groups is 2. The van der Waals surface area contributed by atoms with Gasteiger partial charge in [-0.3, -0.25) is 4.79 Å². The maximum Gasteiger partial charge on any atom is 0.341 e. The van der Waals surface area contributed by atoms with Crippen LogP contribution in [0.25, 0.3) is 0 Å². The van der Waals surface area contributed by atoms with Gasteiger partial charge in [0.1, 0.15) is 15.3 Å². The summed E-state index contributed by atoms with van der Waals surface area (Å²) in [5.41, 5.74) is 1.43. The Labute approximate surface area is 196 Å². The third-order valence-electron chi connectivity index (χ3n) is 5.95. The van der Waals surface area contributed by atoms with Gasteiger partial charge in [0.15, 0.2) is 0 Å². The van der Waals surface area contributed by atoms with Crippen LogP contribution in [0.5, 0.6) is 0 Å². The van der Waals surface area contributed by atoms with Crippen LogP contribution < -0.4 is 5.32 Å². The van der Waals surface area contributed by atoms with Crippen LogP contribution in [0.1, 0.15) is 66.2 Å². The number of carbonyl (C=O) groups excluding carboxylic acids is 2. The molecule has 2 aromatic rings. The van der Waals surface area contributed by atoms with E-state index in [1.54, 1.807) is 24.4 Å². The van der Waals surface area contributed by atoms with E-state index in [-0.39, 0.29) is 16.7 Å². The number of rotatable bonds is 6. The topological polar surface area (TPSA) is 92.8 Å². The lowest BCUT2D eigenvalue weighted by Crippen LogP contribution is -2.49. The Morgan fingerprint density at radius 3 is 2.75 bits per heavy atom. The van der Waals surface area contributed by atoms with E-state index in [9.17, 15) is 18.0 Å². The Bertz CT molecular complexity index is 1080. The number of anilines is 1. The largest absolute Gasteiger partial charge is 0.462 e. The average Bonchev–Trinajstić information content (AvgIpc) is 3.38. The number of hydrogen-bond acceptors (Lipinski definition) is 7. The Morgan fingerprint density at radius 1 is 1.19 bits per heavy atom. The van der Waals surface area contributed by atoms with Gasteiger partial charge in [-0.1, -0.05) is 18.9 Å². The van der Waals surface area contributed by atoms with Crippen molar-refractivity contribution in [2.75, 3.05) is 18.5 Å². The number of piperidine rings is 1. The van der Waals surface area contributed by atoms with Crippen molar-refractivity contribution >= 4 is 49.6 Å². The summed E-state index contributed by atoms with van der Waals surface area (Å²) in [5.74, 6) is -0.805. The fraction of sp³-hybridized carbons (Fsp3) is 0.545. The monoisotopic (exact) mass is 496 g/mol. The standard InChI is InChI=1S/C22H28N2O5S3/c1-2-29-22(26)19-15-9-4-3-5-11-17(15)31-21(19)23-20(25)16-10-6-7-13-24(16)32(27,28)18-12-8-14-30-18/h8,12,14,16H,2-7,9-11,13H2,1H3,(H,23,25). The SMILES string of the molecule is CCOC(=O)c1c(NC(=O)C2CCCCN2S(=O)(=O)c2cccs2)sc2c1CCCCC2. The predicted molar refractivity (Wildman–Crippen MR) is 126 cm³/mol. The van der Waals surface area contributed by atoms with Crippen molar-refractivity contribution in [1.82, 2.24) is 4.31 Å². The van der Waals surface area contributed by atoms with Gasteiger partial charge in [-0.05, 0) is 62.5 Å². The number of nitrogens with zero attached hydrogens (tertiary/aromatic N) is 1. The van der Waals surface area contributed by atoms with Crippen molar-refractivity contribution in [3.8, 4) is 0 Å². The molecule has 0 bridgehead atoms. The number of amides is 1. The number of thiophene rings is 2. The van der Waals surface area contributed by atoms with Gasteiger partial charge in [0.2, 0.25) is 5.91 Å². The molecule has 2 aromatic heterocycles. The molecule has 0 aromatic carbocycles. The molecule has 10 heteroatoms. The number of ether oxygens (including phenoxy) is 1. The molecular formula is C22H28N2O5S3. The van der Waals surface area contributed by atoms with E-state index in [0.717, 1.165) is 66.7 Å². The van der Waals surface area contributed by atoms with Crippen molar-refractivity contribution in [2.24, 2.45) is 0 Å². The maximum absolute atomic E-state index is 13.3. The molecule has 0 spiro atoms. The lowest BCUT2D eigenvalue weighted by molar-refractivity contribution is -0.120. The summed E-state index contributed by atoms with van der Waals surface area (Å²) in [5, 5.41) is 5.12. The van der Waals surface area contributed by atoms with E-state index >= 15 is 0 Å². The maximum atomic E-state index is 13.3. The van der Waals surface area contributed by atoms with E-state index in [4.69, 9.17) is 4.74 Å². The number of aryl methyl sites for hydroxylation is 1. The molecule has 4 rings (SSSR count). The minimum atomic E-state index is -3.74. The zero-order valence-electron chi connectivity index (χ0n) is 18.1. The van der Waals surface area contributed by atoms with Crippen LogP contribution in [0.4, 0.5) is 5.00 Å². The van der Waals surface area contributed by atoms with Crippen LogP contribution in [-0.4, -0.2) is 43.8 Å². The van der Waals surface area contributed by atoms with Crippen LogP contribution in [0.15, 0.2) is 21.7 Å². The molecule has 32 heavy (non-hydrogen) atoms. The molecule has 1 atom stereocenters.